The van der Waals surface area contributed by atoms with Crippen LogP contribution in [-0.2, 0) is 6.54 Å². The predicted octanol–water partition coefficient (Wildman–Crippen LogP) is 4.67. The van der Waals surface area contributed by atoms with Crippen molar-refractivity contribution >= 4 is 11.6 Å². The molecule has 22 heavy (non-hydrogen) atoms. The monoisotopic (exact) mass is 312 g/mol. The largest absolute Gasteiger partial charge is 0.484 e. The van der Waals surface area contributed by atoms with E-state index in [0.717, 1.165) is 16.3 Å². The summed E-state index contributed by atoms with van der Waals surface area (Å²) in [7, 11) is 0. The maximum atomic E-state index is 6.18. The number of hydrogen-bond acceptors (Lipinski definition) is 2. The quantitative estimate of drug-likeness (QED) is 0.685. The minimum atomic E-state index is -0.103. The first-order valence-electron chi connectivity index (χ1n) is 7.15. The van der Waals surface area contributed by atoms with Gasteiger partial charge in [0.05, 0.1) is 12.9 Å². The van der Waals surface area contributed by atoms with Crippen LogP contribution in [0.1, 0.15) is 17.2 Å². The number of nitrogens with zero attached hydrogens (tertiary/aromatic N) is 2. The number of halogens is 1. The van der Waals surface area contributed by atoms with Gasteiger partial charge in [0.15, 0.2) is 0 Å². The number of rotatable bonds is 5. The summed E-state index contributed by atoms with van der Waals surface area (Å²) in [5.41, 5.74) is 2.30. The van der Waals surface area contributed by atoms with Crippen molar-refractivity contribution in [2.75, 3.05) is 0 Å². The van der Waals surface area contributed by atoms with E-state index in [1.165, 1.54) is 5.56 Å². The molecule has 0 spiro atoms. The zero-order valence-electron chi connectivity index (χ0n) is 12.3. The van der Waals surface area contributed by atoms with E-state index < -0.39 is 0 Å². The van der Waals surface area contributed by atoms with E-state index in [0.29, 0.717) is 6.54 Å². The van der Waals surface area contributed by atoms with Gasteiger partial charge in [0.1, 0.15) is 11.9 Å². The summed E-state index contributed by atoms with van der Waals surface area (Å²) >= 11 is 5.98. The van der Waals surface area contributed by atoms with Crippen molar-refractivity contribution in [1.82, 2.24) is 9.55 Å². The molecule has 112 valence electrons. The molecule has 3 aromatic rings. The van der Waals surface area contributed by atoms with Crippen molar-refractivity contribution in [3.63, 3.8) is 0 Å². The van der Waals surface area contributed by atoms with Crippen molar-refractivity contribution < 1.29 is 4.74 Å². The van der Waals surface area contributed by atoms with Crippen LogP contribution in [0.2, 0.25) is 5.02 Å². The Morgan fingerprint density at radius 1 is 1.09 bits per heavy atom. The van der Waals surface area contributed by atoms with Crippen molar-refractivity contribution in [3.05, 3.63) is 83.4 Å². The van der Waals surface area contributed by atoms with Crippen LogP contribution in [0.25, 0.3) is 0 Å². The number of ether oxygens (including phenoxy) is 1. The van der Waals surface area contributed by atoms with Gasteiger partial charge in [0.25, 0.3) is 0 Å². The minimum absolute atomic E-state index is 0.103. The van der Waals surface area contributed by atoms with Crippen LogP contribution in [0.3, 0.4) is 0 Å². The standard InChI is InChI=1S/C18H17ClN2O/c1-14-2-8-17(9-3-14)22-18(12-21-11-10-20-13-21)15-4-6-16(19)7-5-15/h2-11,13,18H,12H2,1H3/t18-/m1/s1. The summed E-state index contributed by atoms with van der Waals surface area (Å²) in [6.45, 7) is 2.75. The Balaban J connectivity index is 1.84. The van der Waals surface area contributed by atoms with Gasteiger partial charge in [-0.05, 0) is 36.8 Å². The van der Waals surface area contributed by atoms with Crippen LogP contribution in [0, 0.1) is 6.92 Å². The Labute approximate surface area is 135 Å². The topological polar surface area (TPSA) is 27.1 Å². The van der Waals surface area contributed by atoms with Crippen LogP contribution in [0.5, 0.6) is 5.75 Å². The molecule has 4 heteroatoms. The molecular formula is C18H17ClN2O. The molecule has 1 aromatic heterocycles. The summed E-state index contributed by atoms with van der Waals surface area (Å²) in [6.07, 6.45) is 5.39. The highest BCUT2D eigenvalue weighted by molar-refractivity contribution is 6.30. The van der Waals surface area contributed by atoms with E-state index in [-0.39, 0.29) is 6.10 Å². The highest BCUT2D eigenvalue weighted by Gasteiger charge is 2.14. The van der Waals surface area contributed by atoms with E-state index in [2.05, 4.69) is 11.9 Å². The number of imidazole rings is 1. The molecular weight excluding hydrogens is 296 g/mol. The molecule has 1 heterocycles. The number of aromatic nitrogens is 2. The summed E-state index contributed by atoms with van der Waals surface area (Å²) in [5.74, 6) is 0.852. The molecule has 3 nitrogen and oxygen atoms in total. The summed E-state index contributed by atoms with van der Waals surface area (Å²) in [4.78, 5) is 4.09. The second kappa shape index (κ2) is 6.67. The van der Waals surface area contributed by atoms with Gasteiger partial charge in [-0.1, -0.05) is 41.4 Å². The lowest BCUT2D eigenvalue weighted by atomic mass is 10.1. The number of aryl methyl sites for hydroxylation is 1. The third-order valence-corrected chi connectivity index (χ3v) is 3.73. The lowest BCUT2D eigenvalue weighted by molar-refractivity contribution is 0.183. The van der Waals surface area contributed by atoms with Crippen molar-refractivity contribution in [2.45, 2.75) is 19.6 Å². The van der Waals surface area contributed by atoms with Gasteiger partial charge in [-0.25, -0.2) is 4.98 Å². The Morgan fingerprint density at radius 3 is 2.45 bits per heavy atom. The fourth-order valence-electron chi connectivity index (χ4n) is 2.26. The second-order valence-corrected chi connectivity index (χ2v) is 5.67. The van der Waals surface area contributed by atoms with Crippen LogP contribution in [0.15, 0.2) is 67.3 Å². The van der Waals surface area contributed by atoms with Crippen LogP contribution < -0.4 is 4.74 Å². The molecule has 3 rings (SSSR count). The normalized spacial score (nSPS) is 12.1. The summed E-state index contributed by atoms with van der Waals surface area (Å²) in [5, 5.41) is 0.723. The number of benzene rings is 2. The fourth-order valence-corrected chi connectivity index (χ4v) is 2.38. The van der Waals surface area contributed by atoms with Crippen molar-refractivity contribution in [2.24, 2.45) is 0 Å². The van der Waals surface area contributed by atoms with Gasteiger partial charge >= 0.3 is 0 Å². The molecule has 1 atom stereocenters. The minimum Gasteiger partial charge on any atom is -0.484 e. The summed E-state index contributed by atoms with van der Waals surface area (Å²) in [6, 6.07) is 15.8. The zero-order valence-corrected chi connectivity index (χ0v) is 13.1. The molecule has 0 saturated carbocycles. The Morgan fingerprint density at radius 2 is 1.82 bits per heavy atom. The van der Waals surface area contributed by atoms with E-state index in [1.54, 1.807) is 12.5 Å². The molecule has 0 fully saturated rings. The zero-order chi connectivity index (χ0) is 15.4. The van der Waals surface area contributed by atoms with Gasteiger partial charge in [0, 0.05) is 17.4 Å². The Hall–Kier alpha value is -2.26. The van der Waals surface area contributed by atoms with E-state index >= 15 is 0 Å². The van der Waals surface area contributed by atoms with Gasteiger partial charge < -0.3 is 9.30 Å². The number of hydrogen-bond donors (Lipinski definition) is 0. The van der Waals surface area contributed by atoms with E-state index in [4.69, 9.17) is 16.3 Å². The molecule has 0 radical (unpaired) electrons. The van der Waals surface area contributed by atoms with Crippen LogP contribution >= 0.6 is 11.6 Å². The smallest absolute Gasteiger partial charge is 0.142 e. The maximum Gasteiger partial charge on any atom is 0.142 e. The van der Waals surface area contributed by atoms with Gasteiger partial charge in [-0.15, -0.1) is 0 Å². The molecule has 0 saturated heterocycles. The summed E-state index contributed by atoms with van der Waals surface area (Å²) < 4.78 is 8.18. The van der Waals surface area contributed by atoms with Gasteiger partial charge in [-0.3, -0.25) is 0 Å². The van der Waals surface area contributed by atoms with Crippen molar-refractivity contribution in [1.29, 1.82) is 0 Å². The molecule has 0 N–H and O–H groups in total. The molecule has 0 unspecified atom stereocenters. The Bertz CT molecular complexity index is 706. The molecule has 2 aromatic carbocycles. The fraction of sp³-hybridized carbons (Fsp3) is 0.167. The molecule has 0 aliphatic heterocycles. The Kier molecular flexibility index (Phi) is 4.45. The van der Waals surface area contributed by atoms with Crippen LogP contribution in [-0.4, -0.2) is 9.55 Å². The van der Waals surface area contributed by atoms with Crippen LogP contribution in [0.4, 0.5) is 0 Å². The SMILES string of the molecule is Cc1ccc(O[C@H](Cn2ccnc2)c2ccc(Cl)cc2)cc1. The van der Waals surface area contributed by atoms with Gasteiger partial charge in [0.2, 0.25) is 0 Å². The first-order chi connectivity index (χ1) is 10.7. The first-order valence-corrected chi connectivity index (χ1v) is 7.53. The van der Waals surface area contributed by atoms with E-state index in [1.807, 2.05) is 59.3 Å². The molecule has 0 amide bonds. The lowest BCUT2D eigenvalue weighted by Crippen LogP contribution is -2.14. The average Bonchev–Trinajstić information content (AvgIpc) is 3.03. The van der Waals surface area contributed by atoms with Gasteiger partial charge in [-0.2, -0.15) is 0 Å². The molecule has 0 aliphatic rings. The maximum absolute atomic E-state index is 6.18. The van der Waals surface area contributed by atoms with E-state index in [9.17, 15) is 0 Å². The first kappa shape index (κ1) is 14.7. The third kappa shape index (κ3) is 3.68. The third-order valence-electron chi connectivity index (χ3n) is 3.48. The lowest BCUT2D eigenvalue weighted by Gasteiger charge is -2.20. The second-order valence-electron chi connectivity index (χ2n) is 5.23. The molecule has 0 aliphatic carbocycles. The van der Waals surface area contributed by atoms with Crippen molar-refractivity contribution in [3.8, 4) is 5.75 Å². The highest BCUT2D eigenvalue weighted by atomic mass is 35.5. The predicted molar refractivity (Wildman–Crippen MR) is 88.2 cm³/mol. The average molecular weight is 313 g/mol. The highest BCUT2D eigenvalue weighted by Crippen LogP contribution is 2.25. The molecule has 0 bridgehead atoms.